The summed E-state index contributed by atoms with van der Waals surface area (Å²) in [6.07, 6.45) is 4.06. The zero-order valence-electron chi connectivity index (χ0n) is 8.36. The molecular formula is C13H14S. The van der Waals surface area contributed by atoms with E-state index in [4.69, 9.17) is 0 Å². The smallest absolute Gasteiger partial charge is 0.0155 e. The minimum absolute atomic E-state index is 1.07. The summed E-state index contributed by atoms with van der Waals surface area (Å²) in [5.74, 6) is 1.07. The van der Waals surface area contributed by atoms with E-state index in [0.29, 0.717) is 0 Å². The molecule has 0 bridgehead atoms. The van der Waals surface area contributed by atoms with Crippen molar-refractivity contribution >= 4 is 17.8 Å². The molecule has 0 saturated heterocycles. The van der Waals surface area contributed by atoms with Gasteiger partial charge in [0.1, 0.15) is 0 Å². The lowest BCUT2D eigenvalue weighted by Gasteiger charge is -1.98. The molecule has 1 aromatic carbocycles. The van der Waals surface area contributed by atoms with Crippen LogP contribution < -0.4 is 0 Å². The fraction of sp³-hybridized carbons (Fsp3) is 0.154. The number of hydrogen-bond donors (Lipinski definition) is 0. The Kier molecular flexibility index (Phi) is 4.92. The Balaban J connectivity index is 2.87. The van der Waals surface area contributed by atoms with Crippen LogP contribution in [0.1, 0.15) is 12.5 Å². The number of hydrogen-bond acceptors (Lipinski definition) is 1. The van der Waals surface area contributed by atoms with Crippen molar-refractivity contribution in [1.29, 1.82) is 0 Å². The maximum atomic E-state index is 3.59. The van der Waals surface area contributed by atoms with Gasteiger partial charge in [-0.15, -0.1) is 17.5 Å². The molecule has 0 spiro atoms. The summed E-state index contributed by atoms with van der Waals surface area (Å²) < 4.78 is 0. The SMILES string of the molecule is C=C=C/C(=C/c1ccccc1)SCC. The lowest BCUT2D eigenvalue weighted by molar-refractivity contribution is 1.53. The van der Waals surface area contributed by atoms with E-state index in [2.05, 4.69) is 37.4 Å². The average molecular weight is 202 g/mol. The zero-order valence-corrected chi connectivity index (χ0v) is 9.18. The Morgan fingerprint density at radius 2 is 2.14 bits per heavy atom. The minimum Gasteiger partial charge on any atom is -0.128 e. The van der Waals surface area contributed by atoms with E-state index in [1.165, 1.54) is 10.5 Å². The summed E-state index contributed by atoms with van der Waals surface area (Å²) in [6.45, 7) is 5.73. The zero-order chi connectivity index (χ0) is 10.2. The van der Waals surface area contributed by atoms with Crippen LogP contribution in [0.15, 0.2) is 53.6 Å². The fourth-order valence-corrected chi connectivity index (χ4v) is 1.83. The minimum atomic E-state index is 1.07. The van der Waals surface area contributed by atoms with Crippen molar-refractivity contribution in [3.63, 3.8) is 0 Å². The molecule has 0 nitrogen and oxygen atoms in total. The average Bonchev–Trinajstić information content (AvgIpc) is 2.20. The van der Waals surface area contributed by atoms with Gasteiger partial charge in [0.15, 0.2) is 0 Å². The second kappa shape index (κ2) is 6.31. The molecule has 1 aromatic rings. The van der Waals surface area contributed by atoms with E-state index in [-0.39, 0.29) is 0 Å². The molecule has 1 heteroatoms. The Hall–Kier alpha value is -1.17. The van der Waals surface area contributed by atoms with Crippen LogP contribution in [-0.4, -0.2) is 5.75 Å². The fourth-order valence-electron chi connectivity index (χ4n) is 1.11. The molecule has 0 aliphatic rings. The van der Waals surface area contributed by atoms with Crippen LogP contribution in [0.5, 0.6) is 0 Å². The molecule has 0 fully saturated rings. The van der Waals surface area contributed by atoms with Crippen molar-refractivity contribution < 1.29 is 0 Å². The van der Waals surface area contributed by atoms with Gasteiger partial charge in [-0.1, -0.05) is 43.8 Å². The molecule has 14 heavy (non-hydrogen) atoms. The van der Waals surface area contributed by atoms with Crippen LogP contribution in [0.25, 0.3) is 6.08 Å². The van der Waals surface area contributed by atoms with Crippen molar-refractivity contribution in [1.82, 2.24) is 0 Å². The molecule has 0 N–H and O–H groups in total. The van der Waals surface area contributed by atoms with Crippen molar-refractivity contribution in [2.24, 2.45) is 0 Å². The van der Waals surface area contributed by atoms with E-state index >= 15 is 0 Å². The van der Waals surface area contributed by atoms with Gasteiger partial charge in [-0.3, -0.25) is 0 Å². The Bertz CT molecular complexity index is 343. The highest BCUT2D eigenvalue weighted by Crippen LogP contribution is 2.19. The first-order chi connectivity index (χ1) is 6.86. The second-order valence-corrected chi connectivity index (χ2v) is 4.08. The highest BCUT2D eigenvalue weighted by atomic mass is 32.2. The molecule has 0 aliphatic carbocycles. The van der Waals surface area contributed by atoms with E-state index in [0.717, 1.165) is 5.75 Å². The molecule has 0 heterocycles. The van der Waals surface area contributed by atoms with E-state index in [1.807, 2.05) is 24.3 Å². The van der Waals surface area contributed by atoms with Gasteiger partial charge in [-0.2, -0.15) is 0 Å². The number of allylic oxidation sites excluding steroid dienone is 1. The highest BCUT2D eigenvalue weighted by Gasteiger charge is 1.91. The van der Waals surface area contributed by atoms with Gasteiger partial charge in [-0.05, 0) is 23.5 Å². The third kappa shape index (κ3) is 3.69. The monoisotopic (exact) mass is 202 g/mol. The molecule has 0 amide bonds. The third-order valence-corrected chi connectivity index (χ3v) is 2.52. The highest BCUT2D eigenvalue weighted by molar-refractivity contribution is 8.03. The van der Waals surface area contributed by atoms with Crippen molar-refractivity contribution in [2.75, 3.05) is 5.75 Å². The Morgan fingerprint density at radius 3 is 2.71 bits per heavy atom. The van der Waals surface area contributed by atoms with Crippen LogP contribution in [-0.2, 0) is 0 Å². The quantitative estimate of drug-likeness (QED) is 0.522. The molecule has 0 saturated carbocycles. The Labute approximate surface area is 90.0 Å². The predicted molar refractivity (Wildman–Crippen MR) is 66.3 cm³/mol. The van der Waals surface area contributed by atoms with Gasteiger partial charge >= 0.3 is 0 Å². The molecular weight excluding hydrogens is 188 g/mol. The van der Waals surface area contributed by atoms with E-state index < -0.39 is 0 Å². The second-order valence-electron chi connectivity index (χ2n) is 2.74. The summed E-state index contributed by atoms with van der Waals surface area (Å²) in [5.41, 5.74) is 4.03. The molecule has 0 aromatic heterocycles. The van der Waals surface area contributed by atoms with Gasteiger partial charge in [0.2, 0.25) is 0 Å². The van der Waals surface area contributed by atoms with Crippen molar-refractivity contribution in [2.45, 2.75) is 6.92 Å². The number of rotatable bonds is 4. The van der Waals surface area contributed by atoms with Crippen LogP contribution in [0.4, 0.5) is 0 Å². The first kappa shape index (κ1) is 10.9. The lowest BCUT2D eigenvalue weighted by Crippen LogP contribution is -1.74. The Morgan fingerprint density at radius 1 is 1.43 bits per heavy atom. The van der Waals surface area contributed by atoms with Crippen molar-refractivity contribution in [3.05, 3.63) is 59.2 Å². The molecule has 1 rings (SSSR count). The first-order valence-electron chi connectivity index (χ1n) is 4.62. The molecule has 0 aliphatic heterocycles. The van der Waals surface area contributed by atoms with Gasteiger partial charge < -0.3 is 0 Å². The van der Waals surface area contributed by atoms with E-state index in [1.54, 1.807) is 11.8 Å². The normalized spacial score (nSPS) is 10.8. The van der Waals surface area contributed by atoms with Gasteiger partial charge in [0, 0.05) is 4.91 Å². The molecule has 0 radical (unpaired) electrons. The summed E-state index contributed by atoms with van der Waals surface area (Å²) in [7, 11) is 0. The molecule has 72 valence electrons. The van der Waals surface area contributed by atoms with Gasteiger partial charge in [0.05, 0.1) is 0 Å². The molecule has 0 atom stereocenters. The lowest BCUT2D eigenvalue weighted by atomic mass is 10.2. The first-order valence-corrected chi connectivity index (χ1v) is 5.60. The summed E-state index contributed by atoms with van der Waals surface area (Å²) in [5, 5.41) is 0. The maximum absolute atomic E-state index is 3.59. The van der Waals surface area contributed by atoms with Crippen LogP contribution in [0, 0.1) is 0 Å². The van der Waals surface area contributed by atoms with Crippen LogP contribution in [0.2, 0.25) is 0 Å². The maximum Gasteiger partial charge on any atom is 0.0155 e. The number of benzene rings is 1. The third-order valence-electron chi connectivity index (χ3n) is 1.66. The standard InChI is InChI=1S/C13H14S/c1-3-8-13(14-4-2)11-12-9-6-5-7-10-12/h5-11H,1,4H2,2H3/b13-11-. The predicted octanol–water partition coefficient (Wildman–Crippen LogP) is 4.12. The van der Waals surface area contributed by atoms with Crippen LogP contribution in [0.3, 0.4) is 0 Å². The summed E-state index contributed by atoms with van der Waals surface area (Å²) in [6, 6.07) is 10.3. The summed E-state index contributed by atoms with van der Waals surface area (Å²) in [4.78, 5) is 1.20. The number of thioether (sulfide) groups is 1. The van der Waals surface area contributed by atoms with Gasteiger partial charge in [-0.25, -0.2) is 0 Å². The van der Waals surface area contributed by atoms with Gasteiger partial charge in [0.25, 0.3) is 0 Å². The largest absolute Gasteiger partial charge is 0.128 e. The topological polar surface area (TPSA) is 0 Å². The van der Waals surface area contributed by atoms with Crippen molar-refractivity contribution in [3.8, 4) is 0 Å². The summed E-state index contributed by atoms with van der Waals surface area (Å²) >= 11 is 1.80. The van der Waals surface area contributed by atoms with E-state index in [9.17, 15) is 0 Å². The van der Waals surface area contributed by atoms with Crippen LogP contribution >= 0.6 is 11.8 Å². The molecule has 0 unspecified atom stereocenters.